The number of hydrogen-bond donors (Lipinski definition) is 0. The molecule has 0 radical (unpaired) electrons. The minimum atomic E-state index is -0.299. The molecule has 3 heterocycles. The Morgan fingerprint density at radius 3 is 2.49 bits per heavy atom. The van der Waals surface area contributed by atoms with E-state index in [4.69, 9.17) is 9.84 Å². The van der Waals surface area contributed by atoms with Gasteiger partial charge in [-0.1, -0.05) is 47.7 Å². The number of halogens is 1. The van der Waals surface area contributed by atoms with Gasteiger partial charge in [-0.15, -0.1) is 5.10 Å². The van der Waals surface area contributed by atoms with Crippen molar-refractivity contribution in [2.75, 3.05) is 7.11 Å². The van der Waals surface area contributed by atoms with Crippen LogP contribution in [0.1, 0.15) is 22.5 Å². The van der Waals surface area contributed by atoms with Crippen molar-refractivity contribution >= 4 is 34.5 Å². The Morgan fingerprint density at radius 2 is 1.77 bits per heavy atom. The van der Waals surface area contributed by atoms with Crippen LogP contribution in [0, 0.1) is 12.7 Å². The summed E-state index contributed by atoms with van der Waals surface area (Å²) in [7, 11) is 1.64. The molecule has 0 fully saturated rings. The van der Waals surface area contributed by atoms with Crippen molar-refractivity contribution in [2.45, 2.75) is 6.92 Å². The molecule has 0 spiro atoms. The van der Waals surface area contributed by atoms with Gasteiger partial charge >= 0.3 is 0 Å². The van der Waals surface area contributed by atoms with Crippen LogP contribution in [0.4, 0.5) is 4.39 Å². The summed E-state index contributed by atoms with van der Waals surface area (Å²) >= 11 is 1.26. The third-order valence-electron chi connectivity index (χ3n) is 6.23. The number of fused-ring (bicyclic) bond motifs is 1. The molecule has 0 amide bonds. The van der Waals surface area contributed by atoms with E-state index in [1.54, 1.807) is 31.4 Å². The maximum atomic E-state index is 13.3. The Labute approximate surface area is 226 Å². The van der Waals surface area contributed by atoms with E-state index in [1.807, 2.05) is 72.4 Å². The minimum Gasteiger partial charge on any atom is -0.497 e. The second kappa shape index (κ2) is 10.1. The standard InChI is InChI=1S/C30H22FN5O2S/c1-19-16-24(38-2)13-14-25(19)28-21(18-35(34-28)23-6-4-3-5-7-23)17-26-29(37)36-30(39-26)32-27(33-36)15-10-20-8-11-22(31)12-9-20/h3-18H,1-2H3/b15-10+,26-17-. The van der Waals surface area contributed by atoms with Crippen molar-refractivity contribution in [2.24, 2.45) is 0 Å². The summed E-state index contributed by atoms with van der Waals surface area (Å²) in [5, 5.41) is 9.25. The maximum Gasteiger partial charge on any atom is 0.291 e. The molecule has 6 rings (SSSR count). The minimum absolute atomic E-state index is 0.256. The highest BCUT2D eigenvalue weighted by molar-refractivity contribution is 7.15. The Bertz CT molecular complexity index is 1940. The second-order valence-electron chi connectivity index (χ2n) is 8.86. The zero-order valence-electron chi connectivity index (χ0n) is 21.1. The Kier molecular flexibility index (Phi) is 6.34. The van der Waals surface area contributed by atoms with Gasteiger partial charge in [0.1, 0.15) is 17.3 Å². The first-order valence-electron chi connectivity index (χ1n) is 12.1. The van der Waals surface area contributed by atoms with Gasteiger partial charge < -0.3 is 4.74 Å². The molecule has 0 aliphatic rings. The molecule has 0 saturated carbocycles. The highest BCUT2D eigenvalue weighted by Crippen LogP contribution is 2.30. The molecule has 9 heteroatoms. The molecule has 0 N–H and O–H groups in total. The van der Waals surface area contributed by atoms with E-state index >= 15 is 0 Å². The highest BCUT2D eigenvalue weighted by atomic mass is 32.1. The molecular formula is C30H22FN5O2S. The van der Waals surface area contributed by atoms with Gasteiger partial charge in [-0.25, -0.2) is 9.07 Å². The Morgan fingerprint density at radius 1 is 0.974 bits per heavy atom. The van der Waals surface area contributed by atoms with Crippen LogP contribution in [-0.4, -0.2) is 31.5 Å². The van der Waals surface area contributed by atoms with Crippen LogP contribution in [0.2, 0.25) is 0 Å². The zero-order chi connectivity index (χ0) is 26.9. The lowest BCUT2D eigenvalue weighted by Gasteiger charge is -2.07. The lowest BCUT2D eigenvalue weighted by molar-refractivity contribution is 0.414. The number of nitrogens with zero attached hydrogens (tertiary/aromatic N) is 5. The van der Waals surface area contributed by atoms with E-state index in [-0.39, 0.29) is 11.4 Å². The first-order chi connectivity index (χ1) is 19.0. The van der Waals surface area contributed by atoms with E-state index in [2.05, 4.69) is 10.1 Å². The summed E-state index contributed by atoms with van der Waals surface area (Å²) in [6.07, 6.45) is 7.23. The molecule has 0 saturated heterocycles. The highest BCUT2D eigenvalue weighted by Gasteiger charge is 2.15. The molecule has 6 aromatic rings. The summed E-state index contributed by atoms with van der Waals surface area (Å²) in [6.45, 7) is 2.01. The van der Waals surface area contributed by atoms with E-state index in [0.717, 1.165) is 39.4 Å². The monoisotopic (exact) mass is 535 g/mol. The average molecular weight is 536 g/mol. The first kappa shape index (κ1) is 24.4. The number of aryl methyl sites for hydroxylation is 1. The van der Waals surface area contributed by atoms with E-state index in [0.29, 0.717) is 15.3 Å². The third kappa shape index (κ3) is 4.87. The fourth-order valence-corrected chi connectivity index (χ4v) is 5.16. The number of rotatable bonds is 6. The normalized spacial score (nSPS) is 12.1. The molecular weight excluding hydrogens is 513 g/mol. The Hall–Kier alpha value is -4.89. The smallest absolute Gasteiger partial charge is 0.291 e. The fourth-order valence-electron chi connectivity index (χ4n) is 4.25. The third-order valence-corrected chi connectivity index (χ3v) is 7.19. The van der Waals surface area contributed by atoms with Crippen LogP contribution >= 0.6 is 11.3 Å². The number of ether oxygens (including phenoxy) is 1. The summed E-state index contributed by atoms with van der Waals surface area (Å²) in [5.74, 6) is 0.869. The van der Waals surface area contributed by atoms with Gasteiger partial charge in [-0.2, -0.15) is 14.6 Å². The molecule has 39 heavy (non-hydrogen) atoms. The van der Waals surface area contributed by atoms with Crippen LogP contribution in [0.15, 0.2) is 83.8 Å². The lowest BCUT2D eigenvalue weighted by atomic mass is 10.0. The van der Waals surface area contributed by atoms with Crippen molar-refractivity contribution in [3.63, 3.8) is 0 Å². The molecule has 0 aliphatic carbocycles. The average Bonchev–Trinajstić information content (AvgIpc) is 3.63. The van der Waals surface area contributed by atoms with Crippen LogP contribution < -0.4 is 14.8 Å². The second-order valence-corrected chi connectivity index (χ2v) is 9.87. The van der Waals surface area contributed by atoms with Gasteiger partial charge in [0.05, 0.1) is 17.3 Å². The van der Waals surface area contributed by atoms with E-state index in [1.165, 1.54) is 28.0 Å². The fraction of sp³-hybridized carbons (Fsp3) is 0.0667. The number of benzene rings is 3. The predicted molar refractivity (Wildman–Crippen MR) is 152 cm³/mol. The summed E-state index contributed by atoms with van der Waals surface area (Å²) in [4.78, 5) is 18.2. The van der Waals surface area contributed by atoms with Crippen molar-refractivity contribution < 1.29 is 9.13 Å². The Balaban J connectivity index is 1.42. The molecule has 7 nitrogen and oxygen atoms in total. The first-order valence-corrected chi connectivity index (χ1v) is 13.0. The van der Waals surface area contributed by atoms with Gasteiger partial charge in [0, 0.05) is 17.3 Å². The van der Waals surface area contributed by atoms with Gasteiger partial charge in [-0.05, 0) is 72.7 Å². The maximum absolute atomic E-state index is 13.3. The van der Waals surface area contributed by atoms with E-state index in [9.17, 15) is 9.18 Å². The molecule has 0 bridgehead atoms. The van der Waals surface area contributed by atoms with Gasteiger partial charge in [-0.3, -0.25) is 4.79 Å². The topological polar surface area (TPSA) is 74.3 Å². The largest absolute Gasteiger partial charge is 0.497 e. The van der Waals surface area contributed by atoms with Crippen molar-refractivity contribution in [1.82, 2.24) is 24.4 Å². The summed E-state index contributed by atoms with van der Waals surface area (Å²) in [6, 6.07) is 21.8. The number of aromatic nitrogens is 5. The number of hydrogen-bond acceptors (Lipinski definition) is 6. The number of methoxy groups -OCH3 is 1. The molecule has 3 aromatic heterocycles. The van der Waals surface area contributed by atoms with E-state index < -0.39 is 0 Å². The number of para-hydroxylation sites is 1. The van der Waals surface area contributed by atoms with Gasteiger partial charge in [0.15, 0.2) is 5.82 Å². The van der Waals surface area contributed by atoms with Crippen molar-refractivity contribution in [3.05, 3.63) is 122 Å². The van der Waals surface area contributed by atoms with Gasteiger partial charge in [0.25, 0.3) is 5.56 Å². The lowest BCUT2D eigenvalue weighted by Crippen LogP contribution is -2.23. The number of thiazole rings is 1. The molecule has 0 atom stereocenters. The predicted octanol–water partition coefficient (Wildman–Crippen LogP) is 5.18. The van der Waals surface area contributed by atoms with Gasteiger partial charge in [0.2, 0.25) is 4.96 Å². The SMILES string of the molecule is COc1ccc(-c2nn(-c3ccccc3)cc2/C=c2\sc3nc(/C=C/c4ccc(F)cc4)nn3c2=O)c(C)c1. The molecule has 0 aliphatic heterocycles. The molecule has 192 valence electrons. The summed E-state index contributed by atoms with van der Waals surface area (Å²) in [5.41, 5.74) is 4.95. The molecule has 3 aromatic carbocycles. The van der Waals surface area contributed by atoms with Crippen LogP contribution in [0.25, 0.3) is 40.1 Å². The van der Waals surface area contributed by atoms with Crippen molar-refractivity contribution in [1.29, 1.82) is 0 Å². The van der Waals surface area contributed by atoms with Crippen LogP contribution in [0.5, 0.6) is 5.75 Å². The van der Waals surface area contributed by atoms with Crippen LogP contribution in [0.3, 0.4) is 0 Å². The molecule has 0 unspecified atom stereocenters. The quantitative estimate of drug-likeness (QED) is 0.294. The van der Waals surface area contributed by atoms with Crippen molar-refractivity contribution in [3.8, 4) is 22.7 Å². The van der Waals surface area contributed by atoms with Crippen LogP contribution in [-0.2, 0) is 0 Å². The zero-order valence-corrected chi connectivity index (χ0v) is 21.9. The summed E-state index contributed by atoms with van der Waals surface area (Å²) < 4.78 is 22.1.